The highest BCUT2D eigenvalue weighted by Gasteiger charge is 2.24. The van der Waals surface area contributed by atoms with Gasteiger partial charge in [-0.15, -0.1) is 0 Å². The van der Waals surface area contributed by atoms with Gasteiger partial charge in [0.05, 0.1) is 25.2 Å². The summed E-state index contributed by atoms with van der Waals surface area (Å²) in [5.74, 6) is -0.481. The molecule has 0 aromatic carbocycles. The Morgan fingerprint density at radius 2 is 0.889 bits per heavy atom. The van der Waals surface area contributed by atoms with Gasteiger partial charge in [-0.05, 0) is 51.4 Å². The second kappa shape index (κ2) is 42.7. The molecule has 0 heterocycles. The maximum atomic E-state index is 13.1. The van der Waals surface area contributed by atoms with E-state index in [4.69, 9.17) is 4.74 Å². The van der Waals surface area contributed by atoms with Gasteiger partial charge >= 0.3 is 5.97 Å². The van der Waals surface area contributed by atoms with Gasteiger partial charge in [0.25, 0.3) is 0 Å². The van der Waals surface area contributed by atoms with Crippen molar-refractivity contribution < 1.29 is 24.5 Å². The summed E-state index contributed by atoms with van der Waals surface area (Å²) in [6.45, 7) is 6.46. The molecule has 54 heavy (non-hydrogen) atoms. The molecular formula is C48H93NO5. The minimum absolute atomic E-state index is 0.0779. The number of ether oxygens (including phenoxy) is 1. The molecule has 3 N–H and O–H groups in total. The Kier molecular flexibility index (Phi) is 41.6. The third-order valence-corrected chi connectivity index (χ3v) is 11.1. The number of carbonyl (C=O) groups is 2. The molecule has 3 unspecified atom stereocenters. The number of amides is 1. The molecule has 0 aromatic rings. The molecule has 0 radical (unpaired) electrons. The number of hydrogen-bond donors (Lipinski definition) is 3. The molecule has 0 rings (SSSR count). The third-order valence-electron chi connectivity index (χ3n) is 11.1. The van der Waals surface area contributed by atoms with E-state index in [-0.39, 0.29) is 24.9 Å². The fraction of sp³-hybridized carbons (Fsp3) is 0.917. The summed E-state index contributed by atoms with van der Waals surface area (Å²) in [5, 5.41) is 23.6. The summed E-state index contributed by atoms with van der Waals surface area (Å²) in [5.41, 5.74) is 0. The van der Waals surface area contributed by atoms with Crippen LogP contribution in [0.4, 0.5) is 0 Å². The molecule has 0 fully saturated rings. The molecule has 0 spiro atoms. The lowest BCUT2D eigenvalue weighted by Crippen LogP contribution is -2.46. The minimum atomic E-state index is -0.782. The van der Waals surface area contributed by atoms with Crippen LogP contribution in [0.5, 0.6) is 0 Å². The number of unbranched alkanes of at least 4 members (excludes halogenated alkanes) is 29. The van der Waals surface area contributed by atoms with Gasteiger partial charge in [0.1, 0.15) is 6.10 Å². The van der Waals surface area contributed by atoms with Crippen molar-refractivity contribution in [1.29, 1.82) is 0 Å². The zero-order valence-electron chi connectivity index (χ0n) is 36.4. The third kappa shape index (κ3) is 37.5. The summed E-state index contributed by atoms with van der Waals surface area (Å²) in [4.78, 5) is 26.0. The smallest absolute Gasteiger partial charge is 0.306 e. The van der Waals surface area contributed by atoms with Gasteiger partial charge < -0.3 is 20.3 Å². The van der Waals surface area contributed by atoms with Crippen LogP contribution in [0, 0.1) is 0 Å². The minimum Gasteiger partial charge on any atom is -0.462 e. The van der Waals surface area contributed by atoms with E-state index in [9.17, 15) is 19.8 Å². The molecule has 3 atom stereocenters. The first kappa shape index (κ1) is 52.6. The van der Waals surface area contributed by atoms with Crippen molar-refractivity contribution in [3.05, 3.63) is 12.2 Å². The van der Waals surface area contributed by atoms with E-state index in [1.54, 1.807) is 0 Å². The Hall–Kier alpha value is -1.40. The van der Waals surface area contributed by atoms with Crippen molar-refractivity contribution in [3.63, 3.8) is 0 Å². The van der Waals surface area contributed by atoms with Crippen molar-refractivity contribution in [1.82, 2.24) is 5.32 Å². The highest BCUT2D eigenvalue weighted by molar-refractivity contribution is 5.77. The van der Waals surface area contributed by atoms with Crippen molar-refractivity contribution in [2.24, 2.45) is 0 Å². The van der Waals surface area contributed by atoms with Gasteiger partial charge in [-0.25, -0.2) is 0 Å². The second-order valence-corrected chi connectivity index (χ2v) is 16.5. The first-order valence-electron chi connectivity index (χ1n) is 23.9. The Morgan fingerprint density at radius 1 is 0.519 bits per heavy atom. The molecule has 0 saturated heterocycles. The zero-order chi connectivity index (χ0) is 39.6. The number of allylic oxidation sites excluding steroid dienone is 2. The average Bonchev–Trinajstić information content (AvgIpc) is 3.16. The van der Waals surface area contributed by atoms with Crippen molar-refractivity contribution >= 4 is 11.9 Å². The number of esters is 1. The van der Waals surface area contributed by atoms with Crippen molar-refractivity contribution in [2.75, 3.05) is 6.61 Å². The number of carbonyl (C=O) groups excluding carboxylic acids is 2. The zero-order valence-corrected chi connectivity index (χ0v) is 36.4. The molecule has 0 aromatic heterocycles. The predicted octanol–water partition coefficient (Wildman–Crippen LogP) is 13.8. The average molecular weight is 764 g/mol. The molecule has 0 aliphatic heterocycles. The molecule has 0 aliphatic carbocycles. The molecule has 0 saturated carbocycles. The normalized spacial score (nSPS) is 13.4. The predicted molar refractivity (Wildman–Crippen MR) is 232 cm³/mol. The molecule has 320 valence electrons. The van der Waals surface area contributed by atoms with Gasteiger partial charge in [-0.3, -0.25) is 9.59 Å². The molecule has 0 aliphatic rings. The van der Waals surface area contributed by atoms with Crippen LogP contribution in [-0.4, -0.2) is 46.9 Å². The SMILES string of the molecule is CCCCCCCCC/C=C\CCCCCC(=O)OC(CCCCCCCCCCCCC)CC(=O)NC(CO)C(O)CCCCCCCCCCCC. The highest BCUT2D eigenvalue weighted by Crippen LogP contribution is 2.18. The molecule has 6 nitrogen and oxygen atoms in total. The number of hydrogen-bond acceptors (Lipinski definition) is 5. The van der Waals surface area contributed by atoms with E-state index in [2.05, 4.69) is 38.2 Å². The summed E-state index contributed by atoms with van der Waals surface area (Å²) < 4.78 is 5.90. The maximum absolute atomic E-state index is 13.1. The Morgan fingerprint density at radius 3 is 1.31 bits per heavy atom. The summed E-state index contributed by atoms with van der Waals surface area (Å²) >= 11 is 0. The van der Waals surface area contributed by atoms with Gasteiger partial charge in [-0.1, -0.05) is 206 Å². The number of rotatable bonds is 43. The van der Waals surface area contributed by atoms with E-state index in [1.165, 1.54) is 161 Å². The second-order valence-electron chi connectivity index (χ2n) is 16.5. The Labute approximate surface area is 336 Å². The standard InChI is InChI=1S/C48H93NO5/c1-4-7-10-13-16-19-22-23-24-26-29-32-35-38-41-48(53)54-44(39-36-33-30-27-25-20-17-14-11-8-5-2)42-47(52)49-45(43-50)46(51)40-37-34-31-28-21-18-15-12-9-6-3/h24,26,44-46,50-51H,4-23,25,27-43H2,1-3H3,(H,49,52)/b26-24-. The Bertz CT molecular complexity index is 817. The fourth-order valence-electron chi connectivity index (χ4n) is 7.43. The Balaban J connectivity index is 4.56. The van der Waals surface area contributed by atoms with Crippen LogP contribution in [0.25, 0.3) is 0 Å². The van der Waals surface area contributed by atoms with Crippen LogP contribution >= 0.6 is 0 Å². The first-order valence-corrected chi connectivity index (χ1v) is 23.9. The van der Waals surface area contributed by atoms with E-state index in [0.29, 0.717) is 19.3 Å². The topological polar surface area (TPSA) is 95.9 Å². The maximum Gasteiger partial charge on any atom is 0.306 e. The van der Waals surface area contributed by atoms with Gasteiger partial charge in [-0.2, -0.15) is 0 Å². The number of aliphatic hydroxyl groups is 2. The lowest BCUT2D eigenvalue weighted by Gasteiger charge is -2.24. The van der Waals surface area contributed by atoms with Crippen LogP contribution in [0.2, 0.25) is 0 Å². The molecule has 1 amide bonds. The number of aliphatic hydroxyl groups excluding tert-OH is 2. The van der Waals surface area contributed by atoms with Crippen LogP contribution in [0.15, 0.2) is 12.2 Å². The van der Waals surface area contributed by atoms with Gasteiger partial charge in [0, 0.05) is 6.42 Å². The van der Waals surface area contributed by atoms with E-state index in [1.807, 2.05) is 0 Å². The monoisotopic (exact) mass is 764 g/mol. The van der Waals surface area contributed by atoms with Crippen molar-refractivity contribution in [2.45, 2.75) is 277 Å². The molecule has 0 bridgehead atoms. The molecule has 6 heteroatoms. The fourth-order valence-corrected chi connectivity index (χ4v) is 7.43. The van der Waals surface area contributed by atoms with Crippen LogP contribution in [-0.2, 0) is 14.3 Å². The highest BCUT2D eigenvalue weighted by atomic mass is 16.5. The summed E-state index contributed by atoms with van der Waals surface area (Å²) in [6, 6.07) is -0.695. The first-order chi connectivity index (χ1) is 26.5. The van der Waals surface area contributed by atoms with Gasteiger partial charge in [0.2, 0.25) is 5.91 Å². The summed E-state index contributed by atoms with van der Waals surface area (Å²) in [7, 11) is 0. The quantitative estimate of drug-likeness (QED) is 0.0326. The van der Waals surface area contributed by atoms with Crippen molar-refractivity contribution in [3.8, 4) is 0 Å². The lowest BCUT2D eigenvalue weighted by molar-refractivity contribution is -0.151. The lowest BCUT2D eigenvalue weighted by atomic mass is 10.0. The van der Waals surface area contributed by atoms with E-state index >= 15 is 0 Å². The number of nitrogens with one attached hydrogen (secondary N) is 1. The summed E-state index contributed by atoms with van der Waals surface area (Å²) in [6.07, 6.45) is 45.5. The van der Waals surface area contributed by atoms with Gasteiger partial charge in [0.15, 0.2) is 0 Å². The largest absolute Gasteiger partial charge is 0.462 e. The van der Waals surface area contributed by atoms with Crippen LogP contribution < -0.4 is 5.32 Å². The van der Waals surface area contributed by atoms with Crippen LogP contribution in [0.3, 0.4) is 0 Å². The van der Waals surface area contributed by atoms with E-state index in [0.717, 1.165) is 51.4 Å². The van der Waals surface area contributed by atoms with E-state index < -0.39 is 18.2 Å². The van der Waals surface area contributed by atoms with Crippen LogP contribution in [0.1, 0.15) is 258 Å². The molecular weight excluding hydrogens is 671 g/mol.